The molecule has 0 saturated heterocycles. The van der Waals surface area contributed by atoms with Crippen LogP contribution in [0.15, 0.2) is 12.4 Å². The number of amides is 2. The lowest BCUT2D eigenvalue weighted by Gasteiger charge is -2.18. The number of hydrogen-bond acceptors (Lipinski definition) is 3. The van der Waals surface area contributed by atoms with Gasteiger partial charge in [0.2, 0.25) is 0 Å². The fourth-order valence-corrected chi connectivity index (χ4v) is 2.35. The lowest BCUT2D eigenvalue weighted by atomic mass is 10.2. The summed E-state index contributed by atoms with van der Waals surface area (Å²) in [6.07, 6.45) is 6.66. The maximum atomic E-state index is 11.8. The third-order valence-corrected chi connectivity index (χ3v) is 3.50. The summed E-state index contributed by atoms with van der Waals surface area (Å²) in [6.45, 7) is 4.03. The van der Waals surface area contributed by atoms with Crippen molar-refractivity contribution < 1.29 is 4.79 Å². The topological polar surface area (TPSA) is 59.0 Å². The highest BCUT2D eigenvalue weighted by Crippen LogP contribution is 2.10. The van der Waals surface area contributed by atoms with E-state index in [0.29, 0.717) is 0 Å². The van der Waals surface area contributed by atoms with Crippen molar-refractivity contribution in [1.82, 2.24) is 20.4 Å². The Kier molecular flexibility index (Phi) is 6.04. The predicted molar refractivity (Wildman–Crippen MR) is 75.8 cm³/mol. The Morgan fingerprint density at radius 1 is 1.56 bits per heavy atom. The standard InChI is InChI=1S/C12H22N4OS/c1-5-11(8-18-4)15-12(17)14-9(2)10-6-13-16(3)7-10/h6-7,9,11H,5,8H2,1-4H3,(H2,14,15,17). The van der Waals surface area contributed by atoms with Crippen LogP contribution >= 0.6 is 11.8 Å². The van der Waals surface area contributed by atoms with Crippen molar-refractivity contribution >= 4 is 17.8 Å². The Labute approximate surface area is 113 Å². The minimum Gasteiger partial charge on any atom is -0.335 e. The van der Waals surface area contributed by atoms with E-state index in [-0.39, 0.29) is 18.1 Å². The molecule has 5 nitrogen and oxygen atoms in total. The first-order valence-electron chi connectivity index (χ1n) is 6.11. The number of carbonyl (C=O) groups excluding carboxylic acids is 1. The zero-order valence-corrected chi connectivity index (χ0v) is 12.3. The normalized spacial score (nSPS) is 14.0. The van der Waals surface area contributed by atoms with Crippen LogP contribution in [0.2, 0.25) is 0 Å². The number of rotatable bonds is 6. The molecule has 0 aliphatic carbocycles. The maximum Gasteiger partial charge on any atom is 0.315 e. The molecule has 1 heterocycles. The van der Waals surface area contributed by atoms with Crippen molar-refractivity contribution in [2.75, 3.05) is 12.0 Å². The van der Waals surface area contributed by atoms with Gasteiger partial charge in [-0.15, -0.1) is 0 Å². The Morgan fingerprint density at radius 3 is 2.78 bits per heavy atom. The summed E-state index contributed by atoms with van der Waals surface area (Å²) in [5.74, 6) is 0.936. The number of carbonyl (C=O) groups is 1. The van der Waals surface area contributed by atoms with Gasteiger partial charge in [0.1, 0.15) is 0 Å². The SMILES string of the molecule is CCC(CSC)NC(=O)NC(C)c1cnn(C)c1. The van der Waals surface area contributed by atoms with Crippen LogP contribution in [0.5, 0.6) is 0 Å². The molecule has 0 spiro atoms. The lowest BCUT2D eigenvalue weighted by Crippen LogP contribution is -2.43. The van der Waals surface area contributed by atoms with Crippen LogP contribution in [-0.4, -0.2) is 33.9 Å². The van der Waals surface area contributed by atoms with Crippen molar-refractivity contribution in [3.05, 3.63) is 18.0 Å². The summed E-state index contributed by atoms with van der Waals surface area (Å²) in [5, 5.41) is 9.99. The zero-order chi connectivity index (χ0) is 13.5. The van der Waals surface area contributed by atoms with Crippen LogP contribution in [0, 0.1) is 0 Å². The van der Waals surface area contributed by atoms with E-state index in [9.17, 15) is 4.79 Å². The van der Waals surface area contributed by atoms with Crippen molar-refractivity contribution in [3.63, 3.8) is 0 Å². The van der Waals surface area contributed by atoms with Gasteiger partial charge in [0.25, 0.3) is 0 Å². The van der Waals surface area contributed by atoms with Gasteiger partial charge in [-0.2, -0.15) is 16.9 Å². The van der Waals surface area contributed by atoms with Crippen LogP contribution in [0.1, 0.15) is 31.9 Å². The maximum absolute atomic E-state index is 11.8. The van der Waals surface area contributed by atoms with E-state index in [1.807, 2.05) is 26.4 Å². The second-order valence-electron chi connectivity index (χ2n) is 4.35. The Hall–Kier alpha value is -1.17. The lowest BCUT2D eigenvalue weighted by molar-refractivity contribution is 0.234. The molecule has 0 radical (unpaired) electrons. The van der Waals surface area contributed by atoms with Gasteiger partial charge in [-0.3, -0.25) is 4.68 Å². The van der Waals surface area contributed by atoms with Gasteiger partial charge in [-0.1, -0.05) is 6.92 Å². The highest BCUT2D eigenvalue weighted by molar-refractivity contribution is 7.98. The van der Waals surface area contributed by atoms with E-state index < -0.39 is 0 Å². The smallest absolute Gasteiger partial charge is 0.315 e. The highest BCUT2D eigenvalue weighted by Gasteiger charge is 2.13. The second-order valence-corrected chi connectivity index (χ2v) is 5.26. The molecule has 1 aromatic heterocycles. The first-order chi connectivity index (χ1) is 8.56. The van der Waals surface area contributed by atoms with Crippen molar-refractivity contribution in [3.8, 4) is 0 Å². The summed E-state index contributed by atoms with van der Waals surface area (Å²) >= 11 is 1.74. The Balaban J connectivity index is 2.44. The van der Waals surface area contributed by atoms with E-state index in [2.05, 4.69) is 22.7 Å². The molecule has 0 aromatic carbocycles. The molecule has 0 bridgehead atoms. The van der Waals surface area contributed by atoms with Crippen LogP contribution in [-0.2, 0) is 7.05 Å². The molecule has 1 aromatic rings. The fourth-order valence-electron chi connectivity index (χ4n) is 1.63. The third-order valence-electron chi connectivity index (χ3n) is 2.77. The number of hydrogen-bond donors (Lipinski definition) is 2. The fraction of sp³-hybridized carbons (Fsp3) is 0.667. The largest absolute Gasteiger partial charge is 0.335 e. The number of nitrogens with zero attached hydrogens (tertiary/aromatic N) is 2. The van der Waals surface area contributed by atoms with Gasteiger partial charge >= 0.3 is 6.03 Å². The molecule has 2 atom stereocenters. The monoisotopic (exact) mass is 270 g/mol. The Morgan fingerprint density at radius 2 is 2.28 bits per heavy atom. The summed E-state index contributed by atoms with van der Waals surface area (Å²) < 4.78 is 1.73. The first-order valence-corrected chi connectivity index (χ1v) is 7.50. The zero-order valence-electron chi connectivity index (χ0n) is 11.4. The molecule has 2 unspecified atom stereocenters. The molecule has 1 rings (SSSR count). The molecular weight excluding hydrogens is 248 g/mol. The molecule has 2 N–H and O–H groups in total. The van der Waals surface area contributed by atoms with Crippen LogP contribution in [0.3, 0.4) is 0 Å². The molecule has 102 valence electrons. The van der Waals surface area contributed by atoms with Gasteiger partial charge in [0.15, 0.2) is 0 Å². The molecule has 0 fully saturated rings. The van der Waals surface area contributed by atoms with Gasteiger partial charge < -0.3 is 10.6 Å². The minimum atomic E-state index is -0.118. The number of urea groups is 1. The van der Waals surface area contributed by atoms with E-state index in [1.165, 1.54) is 0 Å². The molecule has 0 aliphatic heterocycles. The summed E-state index contributed by atoms with van der Waals surface area (Å²) in [7, 11) is 1.86. The number of aromatic nitrogens is 2. The van der Waals surface area contributed by atoms with Crippen LogP contribution in [0.25, 0.3) is 0 Å². The number of nitrogens with one attached hydrogen (secondary N) is 2. The first kappa shape index (κ1) is 14.9. The van der Waals surface area contributed by atoms with Gasteiger partial charge in [-0.05, 0) is 19.6 Å². The van der Waals surface area contributed by atoms with Crippen LogP contribution in [0.4, 0.5) is 4.79 Å². The highest BCUT2D eigenvalue weighted by atomic mass is 32.2. The average Bonchev–Trinajstić information content (AvgIpc) is 2.75. The molecule has 0 aliphatic rings. The second kappa shape index (κ2) is 7.31. The molecule has 0 saturated carbocycles. The summed E-state index contributed by atoms with van der Waals surface area (Å²) in [5.41, 5.74) is 1.01. The van der Waals surface area contributed by atoms with Crippen molar-refractivity contribution in [2.45, 2.75) is 32.4 Å². The molecule has 18 heavy (non-hydrogen) atoms. The number of aryl methyl sites for hydroxylation is 1. The molecule has 6 heteroatoms. The van der Waals surface area contributed by atoms with Gasteiger partial charge in [-0.25, -0.2) is 4.79 Å². The van der Waals surface area contributed by atoms with E-state index in [0.717, 1.165) is 17.7 Å². The van der Waals surface area contributed by atoms with E-state index >= 15 is 0 Å². The Bertz CT molecular complexity index is 380. The van der Waals surface area contributed by atoms with Crippen molar-refractivity contribution in [1.29, 1.82) is 0 Å². The molecule has 2 amide bonds. The predicted octanol–water partition coefficient (Wildman–Crippen LogP) is 1.92. The third kappa shape index (κ3) is 4.60. The van der Waals surface area contributed by atoms with Crippen molar-refractivity contribution in [2.24, 2.45) is 7.05 Å². The van der Waals surface area contributed by atoms with Crippen LogP contribution < -0.4 is 10.6 Å². The minimum absolute atomic E-state index is 0.0366. The quantitative estimate of drug-likeness (QED) is 0.830. The van der Waals surface area contributed by atoms with Gasteiger partial charge in [0, 0.05) is 30.6 Å². The summed E-state index contributed by atoms with van der Waals surface area (Å²) in [6, 6.07) is 0.0684. The van der Waals surface area contributed by atoms with E-state index in [4.69, 9.17) is 0 Å². The average molecular weight is 270 g/mol. The van der Waals surface area contributed by atoms with Gasteiger partial charge in [0.05, 0.1) is 12.2 Å². The van der Waals surface area contributed by atoms with E-state index in [1.54, 1.807) is 22.6 Å². The summed E-state index contributed by atoms with van der Waals surface area (Å²) in [4.78, 5) is 11.8. The molecular formula is C12H22N4OS. The number of thioether (sulfide) groups is 1.